The van der Waals surface area contributed by atoms with Gasteiger partial charge in [0, 0.05) is 24.9 Å². The van der Waals surface area contributed by atoms with Crippen molar-refractivity contribution in [3.05, 3.63) is 58.6 Å². The quantitative estimate of drug-likeness (QED) is 0.610. The molecule has 3 rings (SSSR count). The summed E-state index contributed by atoms with van der Waals surface area (Å²) in [6, 6.07) is 4.29. The Labute approximate surface area is 167 Å². The Morgan fingerprint density at radius 1 is 1.21 bits per heavy atom. The van der Waals surface area contributed by atoms with Gasteiger partial charge >= 0.3 is 0 Å². The van der Waals surface area contributed by atoms with Gasteiger partial charge in [0.1, 0.15) is 17.8 Å². The molecule has 152 valence electrons. The van der Waals surface area contributed by atoms with Crippen molar-refractivity contribution in [2.75, 3.05) is 18.1 Å². The average molecular weight is 422 g/mol. The zero-order chi connectivity index (χ0) is 21.1. The third kappa shape index (κ3) is 4.63. The van der Waals surface area contributed by atoms with Gasteiger partial charge in [-0.3, -0.25) is 4.79 Å². The second-order valence-electron chi connectivity index (χ2n) is 5.85. The molecule has 1 unspecified atom stereocenters. The standard InChI is InChI=1S/C18H16F2N4O4S/c1-24-9-10(6-14(27-2)17(24)25)16-15(8-21-18(22-16)23-29(3)26)28-13-5-4-11(19)7-12(13)20/h4-9H,1-3H3,(H,21,22,23). The van der Waals surface area contributed by atoms with E-state index >= 15 is 0 Å². The van der Waals surface area contributed by atoms with Crippen LogP contribution >= 0.6 is 0 Å². The number of rotatable bonds is 6. The van der Waals surface area contributed by atoms with E-state index in [0.29, 0.717) is 11.6 Å². The van der Waals surface area contributed by atoms with E-state index in [4.69, 9.17) is 9.47 Å². The molecule has 0 fully saturated rings. The van der Waals surface area contributed by atoms with Crippen LogP contribution in [0.4, 0.5) is 14.7 Å². The Morgan fingerprint density at radius 3 is 2.62 bits per heavy atom. The van der Waals surface area contributed by atoms with Crippen LogP contribution in [0.3, 0.4) is 0 Å². The lowest BCUT2D eigenvalue weighted by Gasteiger charge is -2.14. The van der Waals surface area contributed by atoms with Gasteiger partial charge in [-0.05, 0) is 18.2 Å². The van der Waals surface area contributed by atoms with Crippen LogP contribution < -0.4 is 19.8 Å². The van der Waals surface area contributed by atoms with E-state index < -0.39 is 23.0 Å². The first kappa shape index (κ1) is 20.6. The van der Waals surface area contributed by atoms with Crippen molar-refractivity contribution >= 4 is 17.3 Å². The second-order valence-corrected chi connectivity index (χ2v) is 6.97. The van der Waals surface area contributed by atoms with Crippen LogP contribution in [-0.4, -0.2) is 32.5 Å². The molecule has 1 N–H and O–H groups in total. The molecule has 2 aromatic heterocycles. The third-order valence-electron chi connectivity index (χ3n) is 3.75. The molecule has 0 saturated heterocycles. The first-order valence-electron chi connectivity index (χ1n) is 8.13. The lowest BCUT2D eigenvalue weighted by atomic mass is 10.2. The highest BCUT2D eigenvalue weighted by atomic mass is 32.2. The summed E-state index contributed by atoms with van der Waals surface area (Å²) >= 11 is -1.44. The smallest absolute Gasteiger partial charge is 0.292 e. The maximum atomic E-state index is 14.0. The Kier molecular flexibility index (Phi) is 5.99. The van der Waals surface area contributed by atoms with Crippen LogP contribution in [0.25, 0.3) is 11.3 Å². The number of nitrogens with zero attached hydrogens (tertiary/aromatic N) is 3. The molecule has 2 heterocycles. The molecule has 0 radical (unpaired) electrons. The lowest BCUT2D eigenvalue weighted by Crippen LogP contribution is -2.18. The highest BCUT2D eigenvalue weighted by Gasteiger charge is 2.18. The average Bonchev–Trinajstić information content (AvgIpc) is 2.66. The lowest BCUT2D eigenvalue weighted by molar-refractivity contribution is 0.405. The molecule has 0 aliphatic carbocycles. The number of hydrogen-bond acceptors (Lipinski definition) is 7. The SMILES string of the molecule is COc1cc(-c2nc(N[S+](C)[O-])ncc2Oc2ccc(F)cc2F)cn(C)c1=O. The van der Waals surface area contributed by atoms with E-state index in [1.165, 1.54) is 43.4 Å². The van der Waals surface area contributed by atoms with Crippen LogP contribution in [0.15, 0.2) is 41.5 Å². The molecule has 1 atom stereocenters. The molecule has 1 aromatic carbocycles. The Morgan fingerprint density at radius 2 is 1.97 bits per heavy atom. The molecular weight excluding hydrogens is 406 g/mol. The number of aryl methyl sites for hydroxylation is 1. The maximum Gasteiger partial charge on any atom is 0.292 e. The summed E-state index contributed by atoms with van der Waals surface area (Å²) < 4.78 is 53.1. The van der Waals surface area contributed by atoms with Gasteiger partial charge in [-0.2, -0.15) is 4.72 Å². The summed E-state index contributed by atoms with van der Waals surface area (Å²) in [6.45, 7) is 0. The molecule has 0 spiro atoms. The maximum absolute atomic E-state index is 14.0. The zero-order valence-electron chi connectivity index (χ0n) is 15.6. The minimum absolute atomic E-state index is 0.0283. The largest absolute Gasteiger partial charge is 0.593 e. The van der Waals surface area contributed by atoms with Gasteiger partial charge in [-0.1, -0.05) is 0 Å². The van der Waals surface area contributed by atoms with E-state index in [9.17, 15) is 18.1 Å². The van der Waals surface area contributed by atoms with Gasteiger partial charge < -0.3 is 18.6 Å². The number of halogens is 2. The van der Waals surface area contributed by atoms with Crippen molar-refractivity contribution in [1.82, 2.24) is 14.5 Å². The van der Waals surface area contributed by atoms with Gasteiger partial charge in [-0.25, -0.2) is 18.7 Å². The minimum Gasteiger partial charge on any atom is -0.593 e. The number of hydrogen-bond donors (Lipinski definition) is 1. The first-order valence-corrected chi connectivity index (χ1v) is 9.69. The predicted octanol–water partition coefficient (Wildman–Crippen LogP) is 2.63. The van der Waals surface area contributed by atoms with Crippen LogP contribution in [0.2, 0.25) is 0 Å². The number of pyridine rings is 1. The van der Waals surface area contributed by atoms with Crippen LogP contribution in [0.5, 0.6) is 17.2 Å². The summed E-state index contributed by atoms with van der Waals surface area (Å²) in [6.07, 6.45) is 4.13. The predicted molar refractivity (Wildman–Crippen MR) is 103 cm³/mol. The van der Waals surface area contributed by atoms with Crippen molar-refractivity contribution in [3.63, 3.8) is 0 Å². The zero-order valence-corrected chi connectivity index (χ0v) is 16.4. The number of anilines is 1. The number of ether oxygens (including phenoxy) is 2. The number of benzene rings is 1. The van der Waals surface area contributed by atoms with E-state index in [-0.39, 0.29) is 34.5 Å². The highest BCUT2D eigenvalue weighted by molar-refractivity contribution is 7.91. The van der Waals surface area contributed by atoms with Gasteiger partial charge in [0.2, 0.25) is 0 Å². The first-order chi connectivity index (χ1) is 13.8. The molecule has 29 heavy (non-hydrogen) atoms. The molecule has 0 aliphatic rings. The van der Waals surface area contributed by atoms with E-state index in [0.717, 1.165) is 12.1 Å². The Bertz CT molecular complexity index is 1110. The van der Waals surface area contributed by atoms with Gasteiger partial charge in [0.25, 0.3) is 11.5 Å². The van der Waals surface area contributed by atoms with Crippen molar-refractivity contribution in [3.8, 4) is 28.5 Å². The summed E-state index contributed by atoms with van der Waals surface area (Å²) in [4.78, 5) is 20.3. The monoisotopic (exact) mass is 422 g/mol. The number of aromatic nitrogens is 3. The van der Waals surface area contributed by atoms with Crippen molar-refractivity contribution in [2.24, 2.45) is 7.05 Å². The molecule has 3 aromatic rings. The molecule has 0 saturated carbocycles. The molecule has 0 bridgehead atoms. The van der Waals surface area contributed by atoms with E-state index in [1.54, 1.807) is 0 Å². The highest BCUT2D eigenvalue weighted by Crippen LogP contribution is 2.34. The topological polar surface area (TPSA) is 101 Å². The molecule has 8 nitrogen and oxygen atoms in total. The van der Waals surface area contributed by atoms with Crippen LogP contribution in [0.1, 0.15) is 0 Å². The molecule has 11 heteroatoms. The Balaban J connectivity index is 2.14. The fraction of sp³-hybridized carbons (Fsp3) is 0.167. The van der Waals surface area contributed by atoms with Gasteiger partial charge in [0.15, 0.2) is 23.1 Å². The summed E-state index contributed by atoms with van der Waals surface area (Å²) in [7, 11) is 2.87. The normalized spacial score (nSPS) is 11.8. The number of methoxy groups -OCH3 is 1. The van der Waals surface area contributed by atoms with Crippen molar-refractivity contribution < 1.29 is 22.8 Å². The molecule has 0 aliphatic heterocycles. The number of nitrogens with one attached hydrogen (secondary N) is 1. The minimum atomic E-state index is -1.44. The van der Waals surface area contributed by atoms with Gasteiger partial charge in [-0.15, -0.1) is 0 Å². The van der Waals surface area contributed by atoms with E-state index in [2.05, 4.69) is 14.7 Å². The van der Waals surface area contributed by atoms with Crippen LogP contribution in [0, 0.1) is 11.6 Å². The molecular formula is C18H16F2N4O4S. The van der Waals surface area contributed by atoms with E-state index in [1.807, 2.05) is 0 Å². The van der Waals surface area contributed by atoms with Crippen molar-refractivity contribution in [2.45, 2.75) is 0 Å². The van der Waals surface area contributed by atoms with Gasteiger partial charge in [0.05, 0.1) is 24.7 Å². The fourth-order valence-corrected chi connectivity index (χ4v) is 2.82. The fourth-order valence-electron chi connectivity index (χ4n) is 2.46. The van der Waals surface area contributed by atoms with Crippen LogP contribution in [-0.2, 0) is 18.4 Å². The second kappa shape index (κ2) is 8.45. The summed E-state index contributed by atoms with van der Waals surface area (Å²) in [5, 5.41) is 0. The molecule has 0 amide bonds. The van der Waals surface area contributed by atoms with Crippen molar-refractivity contribution in [1.29, 1.82) is 0 Å². The summed E-state index contributed by atoms with van der Waals surface area (Å²) in [5.74, 6) is -1.79. The summed E-state index contributed by atoms with van der Waals surface area (Å²) in [5.41, 5.74) is 0.199. The Hall–Kier alpha value is -3.18. The third-order valence-corrected chi connectivity index (χ3v) is 4.22.